The number of rotatable bonds is 5. The van der Waals surface area contributed by atoms with Gasteiger partial charge >= 0.3 is 0 Å². The molecule has 3 nitrogen and oxygen atoms in total. The van der Waals surface area contributed by atoms with Gasteiger partial charge in [0, 0.05) is 32.0 Å². The molecular formula is C10H18ClNO2. The van der Waals surface area contributed by atoms with Crippen LogP contribution < -0.4 is 5.32 Å². The van der Waals surface area contributed by atoms with Gasteiger partial charge in [0.05, 0.1) is 6.10 Å². The largest absolute Gasteiger partial charge is 0.386 e. The summed E-state index contributed by atoms with van der Waals surface area (Å²) in [6, 6.07) is 0. The number of halogens is 1. The van der Waals surface area contributed by atoms with Gasteiger partial charge in [-0.25, -0.2) is 0 Å². The third-order valence-electron chi connectivity index (χ3n) is 2.61. The average molecular weight is 220 g/mol. The van der Waals surface area contributed by atoms with Gasteiger partial charge in [0.2, 0.25) is 0 Å². The van der Waals surface area contributed by atoms with Gasteiger partial charge in [-0.3, -0.25) is 0 Å². The first kappa shape index (κ1) is 12.0. The summed E-state index contributed by atoms with van der Waals surface area (Å²) >= 11 is 5.47. The van der Waals surface area contributed by atoms with Crippen molar-refractivity contribution in [3.8, 4) is 0 Å². The van der Waals surface area contributed by atoms with Crippen molar-refractivity contribution < 1.29 is 9.84 Å². The maximum absolute atomic E-state index is 10.1. The molecular weight excluding hydrogens is 202 g/mol. The molecule has 1 aliphatic heterocycles. The Kier molecular flexibility index (Phi) is 4.89. The molecule has 14 heavy (non-hydrogen) atoms. The Balaban J connectivity index is 2.20. The molecule has 82 valence electrons. The summed E-state index contributed by atoms with van der Waals surface area (Å²) < 4.78 is 5.32. The molecule has 2 atom stereocenters. The van der Waals surface area contributed by atoms with Crippen molar-refractivity contribution in [1.82, 2.24) is 5.32 Å². The molecule has 0 bridgehead atoms. The topological polar surface area (TPSA) is 41.5 Å². The second-order valence-corrected chi connectivity index (χ2v) is 3.93. The van der Waals surface area contributed by atoms with E-state index in [2.05, 4.69) is 5.32 Å². The molecule has 0 spiro atoms. The maximum atomic E-state index is 10.1. The summed E-state index contributed by atoms with van der Waals surface area (Å²) in [6.45, 7) is 3.86. The Morgan fingerprint density at radius 2 is 2.43 bits per heavy atom. The lowest BCUT2D eigenvalue weighted by Gasteiger charge is -2.25. The minimum atomic E-state index is -0.700. The van der Waals surface area contributed by atoms with E-state index >= 15 is 0 Å². The molecule has 1 saturated heterocycles. The first-order chi connectivity index (χ1) is 6.69. The quantitative estimate of drug-likeness (QED) is 0.410. The number of ether oxygens (including phenoxy) is 1. The SMILES string of the molecule is CC1OCCC1(O)CNC/C=C/CCl. The molecule has 1 heterocycles. The Bertz CT molecular complexity index is 199. The second-order valence-electron chi connectivity index (χ2n) is 3.62. The van der Waals surface area contributed by atoms with Crippen molar-refractivity contribution in [3.63, 3.8) is 0 Å². The van der Waals surface area contributed by atoms with E-state index in [0.29, 0.717) is 25.5 Å². The first-order valence-corrected chi connectivity index (χ1v) is 5.48. The van der Waals surface area contributed by atoms with E-state index < -0.39 is 5.60 Å². The van der Waals surface area contributed by atoms with Gasteiger partial charge in [0.25, 0.3) is 0 Å². The van der Waals surface area contributed by atoms with Gasteiger partial charge in [-0.15, -0.1) is 11.6 Å². The second kappa shape index (κ2) is 5.71. The van der Waals surface area contributed by atoms with Crippen LogP contribution in [0.25, 0.3) is 0 Å². The lowest BCUT2D eigenvalue weighted by Crippen LogP contribution is -2.45. The highest BCUT2D eigenvalue weighted by atomic mass is 35.5. The number of nitrogens with one attached hydrogen (secondary N) is 1. The summed E-state index contributed by atoms with van der Waals surface area (Å²) in [4.78, 5) is 0. The molecule has 0 saturated carbocycles. The molecule has 0 aromatic rings. The van der Waals surface area contributed by atoms with E-state index in [1.807, 2.05) is 19.1 Å². The fraction of sp³-hybridized carbons (Fsp3) is 0.800. The first-order valence-electron chi connectivity index (χ1n) is 4.95. The molecule has 0 aromatic heterocycles. The van der Waals surface area contributed by atoms with Crippen molar-refractivity contribution in [3.05, 3.63) is 12.2 Å². The van der Waals surface area contributed by atoms with Crippen molar-refractivity contribution in [2.75, 3.05) is 25.6 Å². The molecule has 0 aliphatic carbocycles. The predicted octanol–water partition coefficient (Wildman–Crippen LogP) is 0.911. The van der Waals surface area contributed by atoms with Crippen molar-refractivity contribution >= 4 is 11.6 Å². The van der Waals surface area contributed by atoms with Crippen LogP contribution in [0.2, 0.25) is 0 Å². The number of hydrogen-bond acceptors (Lipinski definition) is 3. The summed E-state index contributed by atoms with van der Waals surface area (Å²) in [5, 5.41) is 13.2. The van der Waals surface area contributed by atoms with Crippen LogP contribution in [0.5, 0.6) is 0 Å². The van der Waals surface area contributed by atoms with Gasteiger partial charge in [0.15, 0.2) is 0 Å². The predicted molar refractivity (Wildman–Crippen MR) is 57.7 cm³/mol. The van der Waals surface area contributed by atoms with Crippen LogP contribution in [0.15, 0.2) is 12.2 Å². The van der Waals surface area contributed by atoms with Gasteiger partial charge in [-0.05, 0) is 6.92 Å². The summed E-state index contributed by atoms with van der Waals surface area (Å²) in [5.74, 6) is 0.533. The number of aliphatic hydroxyl groups is 1. The van der Waals surface area contributed by atoms with Crippen molar-refractivity contribution in [1.29, 1.82) is 0 Å². The Labute approximate surface area is 90.1 Å². The van der Waals surface area contributed by atoms with Crippen LogP contribution in [-0.2, 0) is 4.74 Å². The van der Waals surface area contributed by atoms with E-state index in [9.17, 15) is 5.11 Å². The zero-order valence-corrected chi connectivity index (χ0v) is 9.26. The monoisotopic (exact) mass is 219 g/mol. The highest BCUT2D eigenvalue weighted by Crippen LogP contribution is 2.24. The Morgan fingerprint density at radius 3 is 3.00 bits per heavy atom. The molecule has 1 fully saturated rings. The van der Waals surface area contributed by atoms with E-state index in [0.717, 1.165) is 6.54 Å². The fourth-order valence-corrected chi connectivity index (χ4v) is 1.65. The van der Waals surface area contributed by atoms with Crippen LogP contribution in [-0.4, -0.2) is 42.4 Å². The zero-order chi connectivity index (χ0) is 10.4. The van der Waals surface area contributed by atoms with E-state index in [4.69, 9.17) is 16.3 Å². The zero-order valence-electron chi connectivity index (χ0n) is 8.50. The van der Waals surface area contributed by atoms with Crippen LogP contribution >= 0.6 is 11.6 Å². The normalized spacial score (nSPS) is 32.9. The van der Waals surface area contributed by atoms with Crippen LogP contribution in [0.1, 0.15) is 13.3 Å². The van der Waals surface area contributed by atoms with Crippen molar-refractivity contribution in [2.45, 2.75) is 25.0 Å². The van der Waals surface area contributed by atoms with Gasteiger partial charge < -0.3 is 15.2 Å². The number of alkyl halides is 1. The minimum Gasteiger partial charge on any atom is -0.386 e. The fourth-order valence-electron chi connectivity index (χ4n) is 1.52. The van der Waals surface area contributed by atoms with Crippen LogP contribution in [0.4, 0.5) is 0 Å². The number of hydrogen-bond donors (Lipinski definition) is 2. The molecule has 0 aromatic carbocycles. The molecule has 2 N–H and O–H groups in total. The lowest BCUT2D eigenvalue weighted by molar-refractivity contribution is -0.0255. The van der Waals surface area contributed by atoms with E-state index in [-0.39, 0.29) is 6.10 Å². The molecule has 2 unspecified atom stereocenters. The highest BCUT2D eigenvalue weighted by Gasteiger charge is 2.38. The van der Waals surface area contributed by atoms with Crippen LogP contribution in [0, 0.1) is 0 Å². The van der Waals surface area contributed by atoms with Crippen LogP contribution in [0.3, 0.4) is 0 Å². The minimum absolute atomic E-state index is 0.0768. The molecule has 1 aliphatic rings. The summed E-state index contributed by atoms with van der Waals surface area (Å²) in [7, 11) is 0. The van der Waals surface area contributed by atoms with E-state index in [1.54, 1.807) is 0 Å². The summed E-state index contributed by atoms with van der Waals surface area (Å²) in [5.41, 5.74) is -0.700. The lowest BCUT2D eigenvalue weighted by atomic mass is 9.97. The van der Waals surface area contributed by atoms with Crippen molar-refractivity contribution in [2.24, 2.45) is 0 Å². The third-order valence-corrected chi connectivity index (χ3v) is 2.79. The van der Waals surface area contributed by atoms with Gasteiger partial charge in [0.1, 0.15) is 5.60 Å². The standard InChI is InChI=1S/C10H18ClNO2/c1-9-10(13,4-7-14-9)8-12-6-3-2-5-11/h2-3,9,12-13H,4-8H2,1H3/b3-2+. The Hall–Kier alpha value is -0.0900. The smallest absolute Gasteiger partial charge is 0.105 e. The highest BCUT2D eigenvalue weighted by molar-refractivity contribution is 6.18. The van der Waals surface area contributed by atoms with Gasteiger partial charge in [-0.1, -0.05) is 12.2 Å². The summed E-state index contributed by atoms with van der Waals surface area (Å²) in [6.07, 6.45) is 4.47. The maximum Gasteiger partial charge on any atom is 0.105 e. The molecule has 4 heteroatoms. The Morgan fingerprint density at radius 1 is 1.64 bits per heavy atom. The number of allylic oxidation sites excluding steroid dienone is 1. The van der Waals surface area contributed by atoms with E-state index in [1.165, 1.54) is 0 Å². The molecule has 0 radical (unpaired) electrons. The third kappa shape index (κ3) is 3.24. The van der Waals surface area contributed by atoms with Gasteiger partial charge in [-0.2, -0.15) is 0 Å². The molecule has 0 amide bonds. The average Bonchev–Trinajstić information content (AvgIpc) is 2.47. The molecule has 1 rings (SSSR count).